The fourth-order valence-electron chi connectivity index (χ4n) is 2.11. The zero-order chi connectivity index (χ0) is 15.9. The van der Waals surface area contributed by atoms with E-state index in [1.165, 1.54) is 5.56 Å². The maximum Gasteiger partial charge on any atom is 0.225 e. The molecule has 1 N–H and O–H groups in total. The van der Waals surface area contributed by atoms with Gasteiger partial charge in [-0.15, -0.1) is 0 Å². The van der Waals surface area contributed by atoms with Gasteiger partial charge in [-0.2, -0.15) is 0 Å². The summed E-state index contributed by atoms with van der Waals surface area (Å²) in [4.78, 5) is 28.0. The van der Waals surface area contributed by atoms with Crippen LogP contribution >= 0.6 is 0 Å². The van der Waals surface area contributed by atoms with E-state index in [1.54, 1.807) is 12.3 Å². The minimum Gasteiger partial charge on any atom is -0.311 e. The molecule has 4 heteroatoms. The normalized spacial score (nSPS) is 10.3. The number of aryl methyl sites for hydroxylation is 2. The van der Waals surface area contributed by atoms with E-state index in [1.807, 2.05) is 37.3 Å². The van der Waals surface area contributed by atoms with Gasteiger partial charge in [-0.25, -0.2) is 4.98 Å². The third kappa shape index (κ3) is 4.52. The highest BCUT2D eigenvalue weighted by atomic mass is 16.2. The summed E-state index contributed by atoms with van der Waals surface area (Å²) in [5, 5.41) is 2.71. The van der Waals surface area contributed by atoms with Crippen LogP contribution in [-0.4, -0.2) is 16.7 Å². The van der Waals surface area contributed by atoms with Crippen LogP contribution in [0.4, 0.5) is 5.82 Å². The summed E-state index contributed by atoms with van der Waals surface area (Å²) in [6.45, 7) is 4.00. The first-order valence-electron chi connectivity index (χ1n) is 7.43. The topological polar surface area (TPSA) is 59.1 Å². The van der Waals surface area contributed by atoms with E-state index in [4.69, 9.17) is 0 Å². The van der Waals surface area contributed by atoms with E-state index in [2.05, 4.69) is 17.2 Å². The Labute approximate surface area is 130 Å². The van der Waals surface area contributed by atoms with Gasteiger partial charge >= 0.3 is 0 Å². The van der Waals surface area contributed by atoms with Crippen molar-refractivity contribution >= 4 is 17.5 Å². The number of anilines is 1. The molecular weight excluding hydrogens is 276 g/mol. The maximum absolute atomic E-state index is 12.1. The van der Waals surface area contributed by atoms with Crippen LogP contribution in [0.25, 0.3) is 0 Å². The Morgan fingerprint density at radius 1 is 1.09 bits per heavy atom. The van der Waals surface area contributed by atoms with Crippen LogP contribution < -0.4 is 5.32 Å². The molecule has 0 atom stereocenters. The number of nitrogens with one attached hydrogen (secondary N) is 1. The quantitative estimate of drug-likeness (QED) is 0.829. The van der Waals surface area contributed by atoms with Crippen molar-refractivity contribution in [3.8, 4) is 0 Å². The van der Waals surface area contributed by atoms with Crippen molar-refractivity contribution < 1.29 is 9.59 Å². The molecule has 4 nitrogen and oxygen atoms in total. The molecule has 0 saturated heterocycles. The molecule has 2 aromatic rings. The fraction of sp³-hybridized carbons (Fsp3) is 0.278. The highest BCUT2D eigenvalue weighted by molar-refractivity contribution is 5.99. The predicted octanol–water partition coefficient (Wildman–Crippen LogP) is 3.55. The molecule has 1 aromatic carbocycles. The first-order chi connectivity index (χ1) is 10.6. The van der Waals surface area contributed by atoms with Crippen LogP contribution in [0.2, 0.25) is 0 Å². The highest BCUT2D eigenvalue weighted by Crippen LogP contribution is 2.10. The zero-order valence-electron chi connectivity index (χ0n) is 12.9. The van der Waals surface area contributed by atoms with Crippen LogP contribution in [0, 0.1) is 6.92 Å². The SMILES string of the molecule is CCc1ccc(C(=O)CCC(=O)Nc2cc(C)ccn2)cc1. The monoisotopic (exact) mass is 296 g/mol. The number of pyridine rings is 1. The molecule has 1 amide bonds. The minimum atomic E-state index is -0.198. The summed E-state index contributed by atoms with van der Waals surface area (Å²) < 4.78 is 0. The summed E-state index contributed by atoms with van der Waals surface area (Å²) in [5.41, 5.74) is 2.87. The van der Waals surface area contributed by atoms with Gasteiger partial charge in [0, 0.05) is 24.6 Å². The third-order valence-electron chi connectivity index (χ3n) is 3.45. The van der Waals surface area contributed by atoms with E-state index in [0.29, 0.717) is 11.4 Å². The molecule has 0 bridgehead atoms. The first-order valence-corrected chi connectivity index (χ1v) is 7.43. The predicted molar refractivity (Wildman–Crippen MR) is 87.0 cm³/mol. The van der Waals surface area contributed by atoms with E-state index in [9.17, 15) is 9.59 Å². The van der Waals surface area contributed by atoms with Gasteiger partial charge in [0.15, 0.2) is 5.78 Å². The number of carbonyl (C=O) groups is 2. The number of ketones is 1. The van der Waals surface area contributed by atoms with Crippen molar-refractivity contribution in [1.29, 1.82) is 0 Å². The fourth-order valence-corrected chi connectivity index (χ4v) is 2.11. The van der Waals surface area contributed by atoms with Crippen LogP contribution in [-0.2, 0) is 11.2 Å². The van der Waals surface area contributed by atoms with E-state index in [-0.39, 0.29) is 24.5 Å². The standard InChI is InChI=1S/C18H20N2O2/c1-3-14-4-6-15(7-5-14)16(21)8-9-18(22)20-17-12-13(2)10-11-19-17/h4-7,10-12H,3,8-9H2,1-2H3,(H,19,20,22). The molecule has 0 spiro atoms. The molecule has 0 aliphatic rings. The van der Waals surface area contributed by atoms with Gasteiger partial charge in [0.25, 0.3) is 0 Å². The Morgan fingerprint density at radius 2 is 1.82 bits per heavy atom. The van der Waals surface area contributed by atoms with Gasteiger partial charge in [-0.1, -0.05) is 31.2 Å². The second-order valence-electron chi connectivity index (χ2n) is 5.24. The molecule has 1 heterocycles. The Bertz CT molecular complexity index is 663. The number of hydrogen-bond donors (Lipinski definition) is 1. The van der Waals surface area contributed by atoms with Crippen molar-refractivity contribution in [3.63, 3.8) is 0 Å². The second kappa shape index (κ2) is 7.50. The van der Waals surface area contributed by atoms with Crippen LogP contribution in [0.1, 0.15) is 41.3 Å². The Kier molecular flexibility index (Phi) is 5.42. The number of hydrogen-bond acceptors (Lipinski definition) is 3. The average molecular weight is 296 g/mol. The first kappa shape index (κ1) is 15.9. The molecule has 1 aromatic heterocycles. The molecule has 0 aliphatic heterocycles. The number of benzene rings is 1. The van der Waals surface area contributed by atoms with Gasteiger partial charge in [0.1, 0.15) is 5.82 Å². The average Bonchev–Trinajstić information content (AvgIpc) is 2.52. The lowest BCUT2D eigenvalue weighted by Gasteiger charge is -2.05. The largest absolute Gasteiger partial charge is 0.311 e. The van der Waals surface area contributed by atoms with Crippen molar-refractivity contribution in [2.24, 2.45) is 0 Å². The number of carbonyl (C=O) groups excluding carboxylic acids is 2. The number of Topliss-reactive ketones (excluding diaryl/α,β-unsaturated/α-hetero) is 1. The van der Waals surface area contributed by atoms with Crippen LogP contribution in [0.5, 0.6) is 0 Å². The van der Waals surface area contributed by atoms with E-state index < -0.39 is 0 Å². The summed E-state index contributed by atoms with van der Waals surface area (Å²) >= 11 is 0. The van der Waals surface area contributed by atoms with Gasteiger partial charge < -0.3 is 5.32 Å². The van der Waals surface area contributed by atoms with E-state index in [0.717, 1.165) is 12.0 Å². The van der Waals surface area contributed by atoms with Gasteiger partial charge in [-0.3, -0.25) is 9.59 Å². The molecule has 0 radical (unpaired) electrons. The molecular formula is C18H20N2O2. The molecule has 0 fully saturated rings. The lowest BCUT2D eigenvalue weighted by Crippen LogP contribution is -2.14. The molecule has 0 aliphatic carbocycles. The number of aromatic nitrogens is 1. The molecule has 22 heavy (non-hydrogen) atoms. The number of amides is 1. The van der Waals surface area contributed by atoms with Crippen molar-refractivity contribution in [1.82, 2.24) is 4.98 Å². The lowest BCUT2D eigenvalue weighted by atomic mass is 10.0. The number of nitrogens with zero attached hydrogens (tertiary/aromatic N) is 1. The van der Waals surface area contributed by atoms with Crippen LogP contribution in [0.3, 0.4) is 0 Å². The zero-order valence-corrected chi connectivity index (χ0v) is 12.9. The van der Waals surface area contributed by atoms with Gasteiger partial charge in [-0.05, 0) is 36.6 Å². The summed E-state index contributed by atoms with van der Waals surface area (Å²) in [7, 11) is 0. The van der Waals surface area contributed by atoms with Crippen molar-refractivity contribution in [3.05, 3.63) is 59.3 Å². The highest BCUT2D eigenvalue weighted by Gasteiger charge is 2.10. The smallest absolute Gasteiger partial charge is 0.225 e. The van der Waals surface area contributed by atoms with Crippen molar-refractivity contribution in [2.45, 2.75) is 33.1 Å². The number of rotatable bonds is 6. The van der Waals surface area contributed by atoms with Gasteiger partial charge in [0.2, 0.25) is 5.91 Å². The molecule has 2 rings (SSSR count). The molecule has 0 saturated carbocycles. The molecule has 114 valence electrons. The van der Waals surface area contributed by atoms with E-state index >= 15 is 0 Å². The third-order valence-corrected chi connectivity index (χ3v) is 3.45. The Morgan fingerprint density at radius 3 is 2.45 bits per heavy atom. The summed E-state index contributed by atoms with van der Waals surface area (Å²) in [5.74, 6) is 0.302. The Balaban J connectivity index is 1.86. The Hall–Kier alpha value is -2.49. The maximum atomic E-state index is 12.1. The lowest BCUT2D eigenvalue weighted by molar-refractivity contribution is -0.116. The summed E-state index contributed by atoms with van der Waals surface area (Å²) in [6, 6.07) is 11.2. The summed E-state index contributed by atoms with van der Waals surface area (Å²) in [6.07, 6.45) is 2.94. The minimum absolute atomic E-state index is 0.0185. The second-order valence-corrected chi connectivity index (χ2v) is 5.24. The van der Waals surface area contributed by atoms with Crippen molar-refractivity contribution in [2.75, 3.05) is 5.32 Å². The van der Waals surface area contributed by atoms with Gasteiger partial charge in [0.05, 0.1) is 0 Å². The molecule has 0 unspecified atom stereocenters. The van der Waals surface area contributed by atoms with Crippen LogP contribution in [0.15, 0.2) is 42.6 Å².